The van der Waals surface area contributed by atoms with Crippen molar-refractivity contribution in [2.45, 2.75) is 65.3 Å². The van der Waals surface area contributed by atoms with Gasteiger partial charge < -0.3 is 9.38 Å². The molecule has 140 valence electrons. The monoisotopic (exact) mass is 354 g/mol. The third kappa shape index (κ3) is 3.38. The van der Waals surface area contributed by atoms with Crippen LogP contribution in [0.2, 0.25) is 0 Å². The van der Waals surface area contributed by atoms with Crippen molar-refractivity contribution in [2.24, 2.45) is 0 Å². The molecule has 2 aliphatic rings. The van der Waals surface area contributed by atoms with E-state index in [2.05, 4.69) is 13.0 Å². The van der Waals surface area contributed by atoms with Crippen molar-refractivity contribution in [2.75, 3.05) is 31.1 Å². The Morgan fingerprint density at radius 3 is 2.27 bits per heavy atom. The Labute approximate surface area is 158 Å². The van der Waals surface area contributed by atoms with Gasteiger partial charge in [0.1, 0.15) is 0 Å². The maximum absolute atomic E-state index is 13.6. The van der Waals surface area contributed by atoms with Crippen LogP contribution in [0.25, 0.3) is 0 Å². The van der Waals surface area contributed by atoms with E-state index in [9.17, 15) is 10.1 Å². The van der Waals surface area contributed by atoms with E-state index in [-0.39, 0.29) is 6.04 Å². The molecule has 2 aliphatic heterocycles. The first-order valence-corrected chi connectivity index (χ1v) is 10.2. The maximum Gasteiger partial charge on any atom is 0.285 e. The summed E-state index contributed by atoms with van der Waals surface area (Å²) < 4.78 is 0.976. The number of hydrogen-bond acceptors (Lipinski definition) is 2. The average Bonchev–Trinajstić information content (AvgIpc) is 2.89. The summed E-state index contributed by atoms with van der Waals surface area (Å²) in [6.45, 7) is 10.4. The highest BCUT2D eigenvalue weighted by Crippen LogP contribution is 2.34. The summed E-state index contributed by atoms with van der Waals surface area (Å²) in [5.74, 6) is 0.302. The second-order valence-electron chi connectivity index (χ2n) is 8.11. The first-order valence-electron chi connectivity index (χ1n) is 10.2. The topological polar surface area (TPSA) is 44.1 Å². The summed E-state index contributed by atoms with van der Waals surface area (Å²) in [7, 11) is 0. The SMILES string of the molecule is CC[N+]1(C2CCCN(c3c(C)cc(C#N)cc3C)C2=O)CCCCCC1. The fourth-order valence-electron chi connectivity index (χ4n) is 5.20. The minimum Gasteiger partial charge on any atom is -0.314 e. The molecule has 4 nitrogen and oxygen atoms in total. The van der Waals surface area contributed by atoms with Crippen LogP contribution in [0.1, 0.15) is 62.1 Å². The van der Waals surface area contributed by atoms with Crippen LogP contribution in [-0.4, -0.2) is 42.6 Å². The number of benzene rings is 1. The van der Waals surface area contributed by atoms with Crippen LogP contribution in [-0.2, 0) is 4.79 Å². The number of likely N-dealkylation sites (tertiary alicyclic amines) is 1. The van der Waals surface area contributed by atoms with Crippen LogP contribution in [0.15, 0.2) is 12.1 Å². The highest BCUT2D eigenvalue weighted by Gasteiger charge is 2.45. The van der Waals surface area contributed by atoms with Gasteiger partial charge in [0.15, 0.2) is 6.04 Å². The Morgan fingerprint density at radius 2 is 1.73 bits per heavy atom. The van der Waals surface area contributed by atoms with Crippen molar-refractivity contribution in [1.29, 1.82) is 5.26 Å². The quantitative estimate of drug-likeness (QED) is 0.768. The summed E-state index contributed by atoms with van der Waals surface area (Å²) in [5, 5.41) is 9.21. The third-order valence-corrected chi connectivity index (χ3v) is 6.55. The Morgan fingerprint density at radius 1 is 1.12 bits per heavy atom. The molecule has 2 saturated heterocycles. The summed E-state index contributed by atoms with van der Waals surface area (Å²) >= 11 is 0. The van der Waals surface area contributed by atoms with Gasteiger partial charge in [-0.3, -0.25) is 4.79 Å². The Balaban J connectivity index is 1.94. The number of anilines is 1. The molecule has 0 spiro atoms. The molecule has 4 heteroatoms. The molecule has 0 bridgehead atoms. The Kier molecular flexibility index (Phi) is 5.67. The largest absolute Gasteiger partial charge is 0.314 e. The van der Waals surface area contributed by atoms with Crippen molar-refractivity contribution in [3.8, 4) is 6.07 Å². The Hall–Kier alpha value is -1.86. The van der Waals surface area contributed by atoms with Crippen molar-refractivity contribution < 1.29 is 9.28 Å². The van der Waals surface area contributed by atoms with Crippen molar-refractivity contribution >= 4 is 11.6 Å². The standard InChI is InChI=1S/C22H32N3O/c1-4-25(12-7-5-6-8-13-25)20-10-9-11-24(22(20)26)21-17(2)14-19(16-23)15-18(21)3/h14-15,20H,4-13H2,1-3H3/q+1. The van der Waals surface area contributed by atoms with Crippen LogP contribution in [0.4, 0.5) is 5.69 Å². The van der Waals surface area contributed by atoms with Crippen LogP contribution in [0, 0.1) is 25.2 Å². The predicted molar refractivity (Wildman–Crippen MR) is 105 cm³/mol. The summed E-state index contributed by atoms with van der Waals surface area (Å²) in [4.78, 5) is 15.6. The molecule has 26 heavy (non-hydrogen) atoms. The second kappa shape index (κ2) is 7.80. The van der Waals surface area contributed by atoms with E-state index in [4.69, 9.17) is 0 Å². The molecular weight excluding hydrogens is 322 g/mol. The first-order chi connectivity index (χ1) is 12.5. The van der Waals surface area contributed by atoms with Crippen LogP contribution in [0.5, 0.6) is 0 Å². The normalized spacial score (nSPS) is 23.4. The van der Waals surface area contributed by atoms with E-state index in [1.165, 1.54) is 25.7 Å². The molecule has 2 fully saturated rings. The third-order valence-electron chi connectivity index (χ3n) is 6.55. The number of nitriles is 1. The van der Waals surface area contributed by atoms with E-state index in [1.807, 2.05) is 30.9 Å². The zero-order chi connectivity index (χ0) is 18.7. The molecule has 0 saturated carbocycles. The number of amides is 1. The molecule has 0 aromatic heterocycles. The highest BCUT2D eigenvalue weighted by molar-refractivity contribution is 5.98. The van der Waals surface area contributed by atoms with Gasteiger partial charge in [0.25, 0.3) is 5.91 Å². The van der Waals surface area contributed by atoms with E-state index >= 15 is 0 Å². The molecule has 0 N–H and O–H groups in total. The molecule has 1 unspecified atom stereocenters. The number of quaternary nitrogens is 1. The molecule has 3 rings (SSSR count). The van der Waals surface area contributed by atoms with E-state index in [1.54, 1.807) is 0 Å². The second-order valence-corrected chi connectivity index (χ2v) is 8.11. The smallest absolute Gasteiger partial charge is 0.285 e. The van der Waals surface area contributed by atoms with Gasteiger partial charge >= 0.3 is 0 Å². The first kappa shape index (κ1) is 18.9. The molecule has 1 amide bonds. The van der Waals surface area contributed by atoms with E-state index in [0.717, 1.165) is 60.3 Å². The number of likely N-dealkylation sites (N-methyl/N-ethyl adjacent to an activating group) is 1. The van der Waals surface area contributed by atoms with Gasteiger partial charge in [-0.1, -0.05) is 0 Å². The van der Waals surface area contributed by atoms with Crippen molar-refractivity contribution in [1.82, 2.24) is 0 Å². The zero-order valence-electron chi connectivity index (χ0n) is 16.6. The predicted octanol–water partition coefficient (Wildman–Crippen LogP) is 4.08. The molecule has 0 aliphatic carbocycles. The zero-order valence-corrected chi connectivity index (χ0v) is 16.6. The van der Waals surface area contributed by atoms with Gasteiger partial charge in [0, 0.05) is 18.7 Å². The fourth-order valence-corrected chi connectivity index (χ4v) is 5.20. The minimum atomic E-state index is 0.0984. The van der Waals surface area contributed by atoms with E-state index in [0.29, 0.717) is 11.5 Å². The fraction of sp³-hybridized carbons (Fsp3) is 0.636. The lowest BCUT2D eigenvalue weighted by Crippen LogP contribution is -2.64. The minimum absolute atomic E-state index is 0.0984. The lowest BCUT2D eigenvalue weighted by Gasteiger charge is -2.47. The number of rotatable bonds is 3. The summed E-state index contributed by atoms with van der Waals surface area (Å²) in [6.07, 6.45) is 7.17. The molecule has 2 heterocycles. The number of carbonyl (C=O) groups is 1. The summed E-state index contributed by atoms with van der Waals surface area (Å²) in [6, 6.07) is 6.15. The number of carbonyl (C=O) groups excluding carboxylic acids is 1. The van der Waals surface area contributed by atoms with Gasteiger partial charge in [-0.2, -0.15) is 5.26 Å². The van der Waals surface area contributed by atoms with Gasteiger partial charge in [-0.05, 0) is 76.1 Å². The molecule has 1 aromatic carbocycles. The maximum atomic E-state index is 13.6. The van der Waals surface area contributed by atoms with Gasteiger partial charge in [0.2, 0.25) is 0 Å². The number of piperidine rings is 1. The molecular formula is C22H32N3O+. The molecule has 1 aromatic rings. The summed E-state index contributed by atoms with van der Waals surface area (Å²) in [5.41, 5.74) is 3.78. The number of aryl methyl sites for hydroxylation is 2. The Bertz CT molecular complexity index is 688. The van der Waals surface area contributed by atoms with Crippen molar-refractivity contribution in [3.05, 3.63) is 28.8 Å². The average molecular weight is 355 g/mol. The van der Waals surface area contributed by atoms with Crippen LogP contribution < -0.4 is 4.90 Å². The van der Waals surface area contributed by atoms with Crippen LogP contribution in [0.3, 0.4) is 0 Å². The lowest BCUT2D eigenvalue weighted by atomic mass is 9.96. The van der Waals surface area contributed by atoms with Gasteiger partial charge in [-0.15, -0.1) is 0 Å². The lowest BCUT2D eigenvalue weighted by molar-refractivity contribution is -0.941. The van der Waals surface area contributed by atoms with E-state index < -0.39 is 0 Å². The molecule has 0 radical (unpaired) electrons. The number of nitrogens with zero attached hydrogens (tertiary/aromatic N) is 3. The number of hydrogen-bond donors (Lipinski definition) is 0. The van der Waals surface area contributed by atoms with Crippen LogP contribution >= 0.6 is 0 Å². The highest BCUT2D eigenvalue weighted by atomic mass is 16.2. The molecule has 1 atom stereocenters. The van der Waals surface area contributed by atoms with Gasteiger partial charge in [-0.25, -0.2) is 0 Å². The van der Waals surface area contributed by atoms with Gasteiger partial charge in [0.05, 0.1) is 31.3 Å². The van der Waals surface area contributed by atoms with Crippen molar-refractivity contribution in [3.63, 3.8) is 0 Å².